The first-order valence-electron chi connectivity index (χ1n) is 5.98. The van der Waals surface area contributed by atoms with Gasteiger partial charge in [-0.15, -0.1) is 0 Å². The SMILES string of the molecule is COC(C)CSCC(NC(=O)OC(C)(C)C)C(=O)O. The number of hydrogen-bond acceptors (Lipinski definition) is 5. The van der Waals surface area contributed by atoms with Crippen LogP contribution in [0.2, 0.25) is 0 Å². The smallest absolute Gasteiger partial charge is 0.408 e. The maximum absolute atomic E-state index is 11.5. The Morgan fingerprint density at radius 2 is 1.89 bits per heavy atom. The molecule has 0 saturated heterocycles. The van der Waals surface area contributed by atoms with Gasteiger partial charge in [0.15, 0.2) is 0 Å². The molecule has 0 bridgehead atoms. The molecule has 0 spiro atoms. The third-order valence-corrected chi connectivity index (χ3v) is 3.30. The minimum Gasteiger partial charge on any atom is -0.480 e. The van der Waals surface area contributed by atoms with Gasteiger partial charge < -0.3 is 19.9 Å². The molecule has 0 radical (unpaired) electrons. The van der Waals surface area contributed by atoms with Crippen molar-refractivity contribution in [1.82, 2.24) is 5.32 Å². The molecule has 19 heavy (non-hydrogen) atoms. The van der Waals surface area contributed by atoms with Gasteiger partial charge in [-0.2, -0.15) is 11.8 Å². The Morgan fingerprint density at radius 1 is 1.32 bits per heavy atom. The van der Waals surface area contributed by atoms with Crippen LogP contribution in [0.1, 0.15) is 27.7 Å². The van der Waals surface area contributed by atoms with Crippen molar-refractivity contribution >= 4 is 23.8 Å². The number of aliphatic carboxylic acids is 1. The van der Waals surface area contributed by atoms with Gasteiger partial charge in [-0.25, -0.2) is 9.59 Å². The fourth-order valence-electron chi connectivity index (χ4n) is 1.04. The van der Waals surface area contributed by atoms with E-state index in [1.54, 1.807) is 27.9 Å². The van der Waals surface area contributed by atoms with Crippen LogP contribution >= 0.6 is 11.8 Å². The van der Waals surface area contributed by atoms with Gasteiger partial charge in [0.2, 0.25) is 0 Å². The number of carboxylic acids is 1. The standard InChI is InChI=1S/C12H23NO5S/c1-8(17-5)6-19-7-9(10(14)15)13-11(16)18-12(2,3)4/h8-9H,6-7H2,1-5H3,(H,13,16)(H,14,15). The quantitative estimate of drug-likeness (QED) is 0.743. The highest BCUT2D eigenvalue weighted by molar-refractivity contribution is 7.99. The van der Waals surface area contributed by atoms with Crippen LogP contribution in [0.5, 0.6) is 0 Å². The van der Waals surface area contributed by atoms with Crippen molar-refractivity contribution in [3.8, 4) is 0 Å². The van der Waals surface area contributed by atoms with Gasteiger partial charge in [0, 0.05) is 18.6 Å². The predicted octanol–water partition coefficient (Wildman–Crippen LogP) is 1.73. The van der Waals surface area contributed by atoms with E-state index < -0.39 is 23.7 Å². The summed E-state index contributed by atoms with van der Waals surface area (Å²) in [6, 6.07) is -0.969. The van der Waals surface area contributed by atoms with E-state index in [2.05, 4.69) is 5.32 Å². The Kier molecular flexibility index (Phi) is 7.85. The van der Waals surface area contributed by atoms with Crippen molar-refractivity contribution in [1.29, 1.82) is 0 Å². The monoisotopic (exact) mass is 293 g/mol. The lowest BCUT2D eigenvalue weighted by atomic mass is 10.2. The third-order valence-electron chi connectivity index (χ3n) is 2.03. The highest BCUT2D eigenvalue weighted by atomic mass is 32.2. The van der Waals surface area contributed by atoms with Gasteiger partial charge in [0.05, 0.1) is 6.10 Å². The van der Waals surface area contributed by atoms with Crippen molar-refractivity contribution in [2.24, 2.45) is 0 Å². The van der Waals surface area contributed by atoms with E-state index in [0.29, 0.717) is 5.75 Å². The molecule has 1 amide bonds. The third kappa shape index (κ3) is 9.61. The first kappa shape index (κ1) is 18.0. The molecule has 0 aromatic rings. The summed E-state index contributed by atoms with van der Waals surface area (Å²) in [5.41, 5.74) is -0.648. The number of carbonyl (C=O) groups is 2. The number of nitrogens with one attached hydrogen (secondary N) is 1. The predicted molar refractivity (Wildman–Crippen MR) is 74.6 cm³/mol. The van der Waals surface area contributed by atoms with E-state index in [-0.39, 0.29) is 11.9 Å². The largest absolute Gasteiger partial charge is 0.480 e. The van der Waals surface area contributed by atoms with Gasteiger partial charge in [-0.1, -0.05) is 0 Å². The summed E-state index contributed by atoms with van der Waals surface area (Å²) in [4.78, 5) is 22.5. The minimum atomic E-state index is -1.08. The first-order chi connectivity index (χ1) is 8.65. The molecule has 2 unspecified atom stereocenters. The van der Waals surface area contributed by atoms with E-state index >= 15 is 0 Å². The summed E-state index contributed by atoms with van der Waals surface area (Å²) < 4.78 is 10.1. The minimum absolute atomic E-state index is 0.0426. The number of carbonyl (C=O) groups excluding carboxylic acids is 1. The van der Waals surface area contributed by atoms with Gasteiger partial charge >= 0.3 is 12.1 Å². The fourth-order valence-corrected chi connectivity index (χ4v) is 2.11. The lowest BCUT2D eigenvalue weighted by Gasteiger charge is -2.22. The average Bonchev–Trinajstić information content (AvgIpc) is 2.24. The lowest BCUT2D eigenvalue weighted by molar-refractivity contribution is -0.138. The van der Waals surface area contributed by atoms with Gasteiger partial charge in [0.25, 0.3) is 0 Å². The van der Waals surface area contributed by atoms with Crippen molar-refractivity contribution < 1.29 is 24.2 Å². The van der Waals surface area contributed by atoms with Crippen LogP contribution < -0.4 is 5.32 Å². The topological polar surface area (TPSA) is 84.9 Å². The molecule has 0 aromatic heterocycles. The lowest BCUT2D eigenvalue weighted by Crippen LogP contribution is -2.45. The number of carboxylic acid groups (broad SMARTS) is 1. The van der Waals surface area contributed by atoms with Crippen LogP contribution in [-0.4, -0.2) is 53.5 Å². The van der Waals surface area contributed by atoms with Crippen LogP contribution in [0, 0.1) is 0 Å². The van der Waals surface area contributed by atoms with E-state index in [0.717, 1.165) is 0 Å². The van der Waals surface area contributed by atoms with Gasteiger partial charge in [-0.3, -0.25) is 0 Å². The summed E-state index contributed by atoms with van der Waals surface area (Å²) in [7, 11) is 1.60. The second kappa shape index (κ2) is 8.27. The number of methoxy groups -OCH3 is 1. The van der Waals surface area contributed by atoms with E-state index in [1.807, 2.05) is 6.92 Å². The Hall–Kier alpha value is -0.950. The molecule has 0 aliphatic heterocycles. The Bertz CT molecular complexity index is 303. The molecule has 0 aliphatic rings. The highest BCUT2D eigenvalue weighted by Crippen LogP contribution is 2.10. The molecule has 6 nitrogen and oxygen atoms in total. The number of hydrogen-bond donors (Lipinski definition) is 2. The molecule has 0 aromatic carbocycles. The highest BCUT2D eigenvalue weighted by Gasteiger charge is 2.23. The first-order valence-corrected chi connectivity index (χ1v) is 7.14. The molecule has 0 aliphatic carbocycles. The van der Waals surface area contributed by atoms with Crippen LogP contribution in [0.3, 0.4) is 0 Å². The zero-order valence-electron chi connectivity index (χ0n) is 12.1. The van der Waals surface area contributed by atoms with Crippen LogP contribution in [0.15, 0.2) is 0 Å². The molecular formula is C12H23NO5S. The maximum Gasteiger partial charge on any atom is 0.408 e. The molecule has 0 heterocycles. The Morgan fingerprint density at radius 3 is 2.32 bits per heavy atom. The summed E-state index contributed by atoms with van der Waals surface area (Å²) in [6.45, 7) is 7.05. The number of amides is 1. The van der Waals surface area contributed by atoms with Gasteiger partial charge in [0.1, 0.15) is 11.6 Å². The Balaban J connectivity index is 4.20. The zero-order valence-corrected chi connectivity index (χ0v) is 12.9. The summed E-state index contributed by atoms with van der Waals surface area (Å²) >= 11 is 1.41. The van der Waals surface area contributed by atoms with Gasteiger partial charge in [-0.05, 0) is 27.7 Å². The summed E-state index contributed by atoms with van der Waals surface area (Å²) in [5, 5.41) is 11.4. The van der Waals surface area contributed by atoms with E-state index in [9.17, 15) is 9.59 Å². The Labute approximate surface area is 118 Å². The normalized spacial score (nSPS) is 14.6. The van der Waals surface area contributed by atoms with Crippen molar-refractivity contribution in [2.45, 2.75) is 45.4 Å². The maximum atomic E-state index is 11.5. The van der Waals surface area contributed by atoms with Crippen LogP contribution in [0.4, 0.5) is 4.79 Å². The molecule has 7 heteroatoms. The zero-order chi connectivity index (χ0) is 15.1. The molecule has 112 valence electrons. The summed E-state index contributed by atoms with van der Waals surface area (Å²) in [5.74, 6) is -0.151. The average molecular weight is 293 g/mol. The number of thioether (sulfide) groups is 1. The molecule has 0 rings (SSSR count). The molecular weight excluding hydrogens is 270 g/mol. The summed E-state index contributed by atoms with van der Waals surface area (Å²) in [6.07, 6.45) is -0.679. The van der Waals surface area contributed by atoms with Crippen LogP contribution in [-0.2, 0) is 14.3 Å². The van der Waals surface area contributed by atoms with E-state index in [4.69, 9.17) is 14.6 Å². The number of alkyl carbamates (subject to hydrolysis) is 1. The van der Waals surface area contributed by atoms with Crippen molar-refractivity contribution in [3.63, 3.8) is 0 Å². The number of rotatable bonds is 7. The number of ether oxygens (including phenoxy) is 2. The molecule has 2 N–H and O–H groups in total. The second-order valence-corrected chi connectivity index (χ2v) is 6.20. The molecule has 2 atom stereocenters. The van der Waals surface area contributed by atoms with Crippen LogP contribution in [0.25, 0.3) is 0 Å². The molecule has 0 fully saturated rings. The molecule has 0 saturated carbocycles. The van der Waals surface area contributed by atoms with Crippen molar-refractivity contribution in [2.75, 3.05) is 18.6 Å². The second-order valence-electron chi connectivity index (χ2n) is 5.12. The van der Waals surface area contributed by atoms with E-state index in [1.165, 1.54) is 11.8 Å². The fraction of sp³-hybridized carbons (Fsp3) is 0.833. The van der Waals surface area contributed by atoms with Crippen molar-refractivity contribution in [3.05, 3.63) is 0 Å².